The molecule has 0 aromatic rings. The number of rotatable bonds is 5. The quantitative estimate of drug-likeness (QED) is 0.570. The Bertz CT molecular complexity index is 784. The first kappa shape index (κ1) is 19.7. The molecule has 0 spiro atoms. The molecule has 154 valence electrons. The molecule has 4 aliphatic rings. The van der Waals surface area contributed by atoms with E-state index in [-0.39, 0.29) is 46.4 Å². The predicted molar refractivity (Wildman–Crippen MR) is 103 cm³/mol. The number of carboxylic acid groups (broad SMARTS) is 1. The molecule has 8 nitrogen and oxygen atoms in total. The van der Waals surface area contributed by atoms with Gasteiger partial charge in [0.1, 0.15) is 5.70 Å². The van der Waals surface area contributed by atoms with E-state index in [4.69, 9.17) is 0 Å². The number of aliphatic hydroxyl groups is 1. The molecular formula is C19H27N3O5S. The number of thioether (sulfide) groups is 1. The van der Waals surface area contributed by atoms with Crippen LogP contribution in [0.3, 0.4) is 0 Å². The van der Waals surface area contributed by atoms with Crippen molar-refractivity contribution in [3.05, 3.63) is 10.6 Å². The minimum atomic E-state index is -1.11. The van der Waals surface area contributed by atoms with Crippen LogP contribution in [0.2, 0.25) is 0 Å². The van der Waals surface area contributed by atoms with Crippen LogP contribution in [0.5, 0.6) is 0 Å². The number of aliphatic hydroxyl groups excluding tert-OH is 1. The van der Waals surface area contributed by atoms with Gasteiger partial charge in [-0.3, -0.25) is 14.5 Å². The third-order valence-electron chi connectivity index (χ3n) is 6.88. The molecule has 0 aliphatic carbocycles. The number of carbonyl (C=O) groups is 3. The Labute approximate surface area is 168 Å². The molecule has 0 radical (unpaired) electrons. The van der Waals surface area contributed by atoms with Crippen molar-refractivity contribution in [1.29, 1.82) is 0 Å². The summed E-state index contributed by atoms with van der Waals surface area (Å²) in [5, 5.41) is 22.9. The van der Waals surface area contributed by atoms with Crippen LogP contribution in [-0.4, -0.2) is 73.4 Å². The van der Waals surface area contributed by atoms with Crippen molar-refractivity contribution >= 4 is 29.5 Å². The third-order valence-corrected chi connectivity index (χ3v) is 8.38. The van der Waals surface area contributed by atoms with E-state index in [1.165, 1.54) is 16.7 Å². The molecule has 4 rings (SSSR count). The van der Waals surface area contributed by atoms with Crippen LogP contribution < -0.4 is 5.32 Å². The van der Waals surface area contributed by atoms with E-state index in [1.54, 1.807) is 6.92 Å². The summed E-state index contributed by atoms with van der Waals surface area (Å²) in [6.45, 7) is 8.26. The van der Waals surface area contributed by atoms with Gasteiger partial charge in [-0.05, 0) is 26.7 Å². The number of nitrogens with one attached hydrogen (secondary N) is 1. The van der Waals surface area contributed by atoms with Crippen molar-refractivity contribution in [2.24, 2.45) is 11.8 Å². The van der Waals surface area contributed by atoms with Crippen LogP contribution in [0.4, 0.5) is 0 Å². The normalized spacial score (nSPS) is 41.0. The second kappa shape index (κ2) is 6.47. The molecule has 2 amide bonds. The largest absolute Gasteiger partial charge is 0.477 e. The first-order valence-electron chi connectivity index (χ1n) is 9.84. The molecule has 4 heterocycles. The number of fused-ring (bicyclic) bond motifs is 2. The number of carbonyl (C=O) groups excluding carboxylic acids is 2. The summed E-state index contributed by atoms with van der Waals surface area (Å²) in [5.74, 6) is -2.08. The Kier molecular flexibility index (Phi) is 4.55. The molecule has 0 bridgehead atoms. The molecule has 7 atom stereocenters. The van der Waals surface area contributed by atoms with Gasteiger partial charge in [0.15, 0.2) is 0 Å². The van der Waals surface area contributed by atoms with Crippen molar-refractivity contribution in [2.75, 3.05) is 6.54 Å². The van der Waals surface area contributed by atoms with Crippen molar-refractivity contribution in [3.8, 4) is 0 Å². The summed E-state index contributed by atoms with van der Waals surface area (Å²) in [6.07, 6.45) is 0.654. The maximum absolute atomic E-state index is 12.5. The van der Waals surface area contributed by atoms with E-state index in [0.29, 0.717) is 17.9 Å². The van der Waals surface area contributed by atoms with Gasteiger partial charge in [-0.15, -0.1) is 11.8 Å². The Morgan fingerprint density at radius 3 is 2.68 bits per heavy atom. The van der Waals surface area contributed by atoms with Crippen LogP contribution in [0.25, 0.3) is 0 Å². The number of hydrogen-bond donors (Lipinski definition) is 3. The molecule has 28 heavy (non-hydrogen) atoms. The van der Waals surface area contributed by atoms with Crippen LogP contribution in [0.15, 0.2) is 10.6 Å². The highest BCUT2D eigenvalue weighted by Gasteiger charge is 2.61. The molecule has 0 aromatic heterocycles. The zero-order valence-corrected chi connectivity index (χ0v) is 17.3. The average Bonchev–Trinajstić information content (AvgIpc) is 3.21. The second-order valence-corrected chi connectivity index (χ2v) is 9.87. The van der Waals surface area contributed by atoms with Gasteiger partial charge in [0.25, 0.3) is 0 Å². The van der Waals surface area contributed by atoms with Crippen LogP contribution in [0.1, 0.15) is 40.5 Å². The molecule has 0 aromatic carbocycles. The van der Waals surface area contributed by atoms with Gasteiger partial charge >= 0.3 is 5.97 Å². The number of nitrogens with zero attached hydrogens (tertiary/aromatic N) is 2. The summed E-state index contributed by atoms with van der Waals surface area (Å²) in [5.41, 5.74) is -0.308. The first-order valence-corrected chi connectivity index (χ1v) is 10.7. The predicted octanol–water partition coefficient (Wildman–Crippen LogP) is 0.572. The molecule has 3 N–H and O–H groups in total. The Balaban J connectivity index is 1.58. The highest BCUT2D eigenvalue weighted by atomic mass is 32.2. The van der Waals surface area contributed by atoms with Crippen molar-refractivity contribution in [3.63, 3.8) is 0 Å². The summed E-state index contributed by atoms with van der Waals surface area (Å²) in [7, 11) is 0. The first-order chi connectivity index (χ1) is 13.1. The number of aliphatic carboxylic acids is 1. The van der Waals surface area contributed by atoms with Crippen LogP contribution >= 0.6 is 11.8 Å². The Morgan fingerprint density at radius 1 is 1.43 bits per heavy atom. The summed E-state index contributed by atoms with van der Waals surface area (Å²) in [6, 6.07) is -0.483. The van der Waals surface area contributed by atoms with Crippen LogP contribution in [-0.2, 0) is 14.4 Å². The van der Waals surface area contributed by atoms with Gasteiger partial charge in [-0.1, -0.05) is 13.8 Å². The fourth-order valence-corrected chi connectivity index (χ4v) is 6.77. The van der Waals surface area contributed by atoms with Crippen LogP contribution in [0, 0.1) is 11.8 Å². The van der Waals surface area contributed by atoms with Crippen molar-refractivity contribution in [1.82, 2.24) is 15.1 Å². The highest BCUT2D eigenvalue weighted by molar-refractivity contribution is 8.03. The van der Waals surface area contributed by atoms with E-state index >= 15 is 0 Å². The van der Waals surface area contributed by atoms with E-state index in [0.717, 1.165) is 6.42 Å². The van der Waals surface area contributed by atoms with Gasteiger partial charge < -0.3 is 20.4 Å². The van der Waals surface area contributed by atoms with E-state index in [9.17, 15) is 24.6 Å². The smallest absolute Gasteiger partial charge is 0.353 e. The monoisotopic (exact) mass is 409 g/mol. The van der Waals surface area contributed by atoms with Gasteiger partial charge in [0.05, 0.1) is 29.8 Å². The fraction of sp³-hybridized carbons (Fsp3) is 0.737. The number of amides is 2. The molecule has 0 saturated carbocycles. The molecule has 3 fully saturated rings. The molecule has 4 aliphatic heterocycles. The van der Waals surface area contributed by atoms with E-state index < -0.39 is 18.0 Å². The molecule has 3 saturated heterocycles. The van der Waals surface area contributed by atoms with Gasteiger partial charge in [0.2, 0.25) is 11.8 Å². The SMILES string of the molecule is CC[C@]1(C)NC(=O)[C@@H]2CC(SC3=C(C(=O)O)N4C(=O)[C@H](C(C)O)[C@H]4[C@H]3C)CN21. The molecular weight excluding hydrogens is 382 g/mol. The van der Waals surface area contributed by atoms with Crippen molar-refractivity contribution in [2.45, 2.75) is 69.6 Å². The third kappa shape index (κ3) is 2.55. The highest BCUT2D eigenvalue weighted by Crippen LogP contribution is 2.52. The fourth-order valence-electron chi connectivity index (χ4n) is 5.25. The Morgan fingerprint density at radius 2 is 2.11 bits per heavy atom. The average molecular weight is 410 g/mol. The van der Waals surface area contributed by atoms with Crippen molar-refractivity contribution < 1.29 is 24.6 Å². The standard InChI is InChI=1S/C19H27N3O5S/c1-5-19(4)20-16(24)11-6-10(7-21(11)19)28-15-8(2)13-12(9(3)23)17(25)22(13)14(15)18(26)27/h8-13,23H,5-7H2,1-4H3,(H,20,24)(H,26,27)/t8-,9?,10?,11+,12-,13-,19-/m1/s1. The van der Waals surface area contributed by atoms with E-state index in [1.807, 2.05) is 20.8 Å². The molecule has 2 unspecified atom stereocenters. The molecule has 9 heteroatoms. The lowest BCUT2D eigenvalue weighted by Crippen LogP contribution is -2.63. The maximum Gasteiger partial charge on any atom is 0.353 e. The number of hydrogen-bond acceptors (Lipinski definition) is 6. The number of carboxylic acids is 1. The lowest BCUT2D eigenvalue weighted by Gasteiger charge is -2.46. The van der Waals surface area contributed by atoms with Gasteiger partial charge in [-0.25, -0.2) is 4.79 Å². The number of β-lactam (4-membered cyclic amide) rings is 1. The summed E-state index contributed by atoms with van der Waals surface area (Å²) >= 11 is 1.49. The lowest BCUT2D eigenvalue weighted by molar-refractivity contribution is -0.163. The lowest BCUT2D eigenvalue weighted by atomic mass is 9.79. The summed E-state index contributed by atoms with van der Waals surface area (Å²) in [4.78, 5) is 41.0. The minimum Gasteiger partial charge on any atom is -0.477 e. The minimum absolute atomic E-state index is 0.0347. The zero-order chi connectivity index (χ0) is 20.5. The zero-order valence-electron chi connectivity index (χ0n) is 16.5. The maximum atomic E-state index is 12.5. The van der Waals surface area contributed by atoms with Gasteiger partial charge in [-0.2, -0.15) is 0 Å². The van der Waals surface area contributed by atoms with Gasteiger partial charge in [0, 0.05) is 22.6 Å². The topological polar surface area (TPSA) is 110 Å². The Hall–Kier alpha value is -1.58. The van der Waals surface area contributed by atoms with E-state index in [2.05, 4.69) is 10.2 Å². The second-order valence-electron chi connectivity index (χ2n) is 8.53. The summed E-state index contributed by atoms with van der Waals surface area (Å²) < 4.78 is 0.